The van der Waals surface area contributed by atoms with Gasteiger partial charge in [0.2, 0.25) is 0 Å². The Balaban J connectivity index is 1.02. The molecule has 0 bridgehead atoms. The topological polar surface area (TPSA) is 41.5 Å². The van der Waals surface area contributed by atoms with Crippen molar-refractivity contribution < 1.29 is 13.9 Å². The summed E-state index contributed by atoms with van der Waals surface area (Å²) in [6, 6.07) is 63.1. The molecule has 5 heterocycles. The first-order chi connectivity index (χ1) is 30.6. The van der Waals surface area contributed by atoms with Gasteiger partial charge in [-0.25, -0.2) is 0 Å². The van der Waals surface area contributed by atoms with Crippen LogP contribution in [0.4, 0.5) is 0 Å². The van der Waals surface area contributed by atoms with Gasteiger partial charge in [0.25, 0.3) is 6.71 Å². The lowest BCUT2D eigenvalue weighted by atomic mass is 9.34. The highest BCUT2D eigenvalue weighted by molar-refractivity contribution is 6.98. The van der Waals surface area contributed by atoms with Crippen LogP contribution in [0.5, 0.6) is 23.0 Å². The summed E-state index contributed by atoms with van der Waals surface area (Å²) in [5, 5.41) is 6.89. The third kappa shape index (κ3) is 4.53. The first-order valence-corrected chi connectivity index (χ1v) is 21.3. The molecule has 6 heteroatoms. The number of fused-ring (bicyclic) bond motifs is 16. The first kappa shape index (κ1) is 33.8. The second-order valence-corrected chi connectivity index (χ2v) is 16.9. The van der Waals surface area contributed by atoms with Gasteiger partial charge in [-0.05, 0) is 114 Å². The van der Waals surface area contributed by atoms with E-state index in [1.165, 1.54) is 38.2 Å². The van der Waals surface area contributed by atoms with Crippen LogP contribution in [0, 0.1) is 13.8 Å². The molecule has 0 N–H and O–H groups in total. The molecule has 3 aromatic heterocycles. The van der Waals surface area contributed by atoms with Gasteiger partial charge in [-0.3, -0.25) is 0 Å². The highest BCUT2D eigenvalue weighted by Crippen LogP contribution is 2.49. The summed E-state index contributed by atoms with van der Waals surface area (Å²) in [7, 11) is 0. The van der Waals surface area contributed by atoms with Crippen LogP contribution in [0.1, 0.15) is 11.1 Å². The number of benzene rings is 9. The maximum absolute atomic E-state index is 6.98. The molecule has 0 saturated heterocycles. The number of aromatic nitrogens is 2. The second kappa shape index (κ2) is 12.3. The van der Waals surface area contributed by atoms with Gasteiger partial charge in [0.05, 0.1) is 32.8 Å². The Kier molecular flexibility index (Phi) is 6.72. The molecule has 0 fully saturated rings. The zero-order valence-corrected chi connectivity index (χ0v) is 33.9. The largest absolute Gasteiger partial charge is 0.458 e. The molecule has 9 aromatic carbocycles. The van der Waals surface area contributed by atoms with Crippen LogP contribution < -0.4 is 25.9 Å². The van der Waals surface area contributed by atoms with Gasteiger partial charge in [-0.15, -0.1) is 0 Å². The number of aryl methyl sites for hydroxylation is 2. The molecule has 62 heavy (non-hydrogen) atoms. The average Bonchev–Trinajstić information content (AvgIpc) is 3.97. The van der Waals surface area contributed by atoms with Crippen molar-refractivity contribution in [3.8, 4) is 45.5 Å². The lowest BCUT2D eigenvalue weighted by molar-refractivity contribution is 0.464. The van der Waals surface area contributed by atoms with Gasteiger partial charge < -0.3 is 23.0 Å². The molecule has 0 unspecified atom stereocenters. The van der Waals surface area contributed by atoms with Crippen LogP contribution in [0.2, 0.25) is 0 Å². The number of hydrogen-bond acceptors (Lipinski definition) is 3. The van der Waals surface area contributed by atoms with E-state index >= 15 is 0 Å². The quantitative estimate of drug-likeness (QED) is 0.167. The molecule has 2 aliphatic rings. The maximum Gasteiger partial charge on any atom is 0.260 e. The van der Waals surface area contributed by atoms with Crippen molar-refractivity contribution in [2.24, 2.45) is 0 Å². The van der Waals surface area contributed by atoms with Crippen molar-refractivity contribution in [1.82, 2.24) is 9.13 Å². The third-order valence-electron chi connectivity index (χ3n) is 13.3. The van der Waals surface area contributed by atoms with E-state index in [0.29, 0.717) is 0 Å². The maximum atomic E-state index is 6.98. The van der Waals surface area contributed by atoms with Crippen LogP contribution >= 0.6 is 0 Å². The van der Waals surface area contributed by atoms with Crippen molar-refractivity contribution in [1.29, 1.82) is 0 Å². The Morgan fingerprint density at radius 2 is 0.935 bits per heavy atom. The fourth-order valence-corrected chi connectivity index (χ4v) is 10.7. The molecule has 0 amide bonds. The SMILES string of the molecule is Cc1ccc2c(c1)Oc1cc(-c3ccc(-n4c5ccccc5c5c6c(c7ccccc7n6-c6ccccc6)c6oc7ccccc7c6c54)cc3)cc3c1B2c1ccc(C)cc1O3. The minimum Gasteiger partial charge on any atom is -0.458 e. The molecule has 14 rings (SSSR count). The fraction of sp³-hybridized carbons (Fsp3) is 0.0357. The summed E-state index contributed by atoms with van der Waals surface area (Å²) >= 11 is 0. The highest BCUT2D eigenvalue weighted by Gasteiger charge is 2.40. The molecular weight excluding hydrogens is 759 g/mol. The third-order valence-corrected chi connectivity index (χ3v) is 13.3. The molecule has 0 atom stereocenters. The second-order valence-electron chi connectivity index (χ2n) is 16.9. The van der Waals surface area contributed by atoms with Crippen molar-refractivity contribution in [2.45, 2.75) is 13.8 Å². The van der Waals surface area contributed by atoms with Gasteiger partial charge in [-0.2, -0.15) is 0 Å². The van der Waals surface area contributed by atoms with Crippen LogP contribution in [0.25, 0.3) is 88.1 Å². The standard InChI is InChI=1S/C56H35BN2O3/c1-32-20-26-41-46(28-32)60-48-30-35(31-49-53(48)57(41)42-27-21-33(2)29-47(42)61-49)34-22-24-37(25-23-34)59-43-17-9-6-14-38(43)50-54-51(56-52(55(50)59)40-16-8-11-19-45(40)62-56)39-15-7-10-18-44(39)58(54)36-12-4-3-5-13-36/h3-31H,1-2H3. The van der Waals surface area contributed by atoms with Gasteiger partial charge in [-0.1, -0.05) is 109 Å². The smallest absolute Gasteiger partial charge is 0.260 e. The van der Waals surface area contributed by atoms with Crippen LogP contribution in [-0.4, -0.2) is 15.8 Å². The zero-order valence-electron chi connectivity index (χ0n) is 33.9. The van der Waals surface area contributed by atoms with Crippen molar-refractivity contribution in [3.05, 3.63) is 187 Å². The Labute approximate surface area is 356 Å². The van der Waals surface area contributed by atoms with E-state index in [1.807, 2.05) is 0 Å². The summed E-state index contributed by atoms with van der Waals surface area (Å²) in [4.78, 5) is 0. The molecule has 0 aliphatic carbocycles. The average molecular weight is 795 g/mol. The molecule has 0 radical (unpaired) electrons. The number of hydrogen-bond donors (Lipinski definition) is 0. The molecular formula is C56H35BN2O3. The highest BCUT2D eigenvalue weighted by atomic mass is 16.5. The zero-order chi connectivity index (χ0) is 40.8. The van der Waals surface area contributed by atoms with E-state index in [9.17, 15) is 0 Å². The summed E-state index contributed by atoms with van der Waals surface area (Å²) in [5.74, 6) is 3.48. The van der Waals surface area contributed by atoms with Gasteiger partial charge in [0.1, 0.15) is 34.2 Å². The fourth-order valence-electron chi connectivity index (χ4n) is 10.7. The molecule has 290 valence electrons. The molecule has 12 aromatic rings. The normalized spacial score (nSPS) is 12.9. The summed E-state index contributed by atoms with van der Waals surface area (Å²) in [5.41, 5.74) is 16.4. The van der Waals surface area contributed by atoms with E-state index in [2.05, 4.69) is 199 Å². The van der Waals surface area contributed by atoms with Crippen molar-refractivity contribution >= 4 is 88.7 Å². The van der Waals surface area contributed by atoms with Crippen LogP contribution in [0.3, 0.4) is 0 Å². The minimum atomic E-state index is 0.0309. The van der Waals surface area contributed by atoms with E-state index in [4.69, 9.17) is 13.9 Å². The van der Waals surface area contributed by atoms with Crippen molar-refractivity contribution in [2.75, 3.05) is 0 Å². The summed E-state index contributed by atoms with van der Waals surface area (Å²) < 4.78 is 25.4. The van der Waals surface area contributed by atoms with E-state index in [1.54, 1.807) is 0 Å². The van der Waals surface area contributed by atoms with Gasteiger partial charge in [0.15, 0.2) is 0 Å². The number of furan rings is 1. The predicted octanol–water partition coefficient (Wildman–Crippen LogP) is 12.8. The Hall–Kier alpha value is -7.96. The Morgan fingerprint density at radius 3 is 1.56 bits per heavy atom. The van der Waals surface area contributed by atoms with Crippen LogP contribution in [0.15, 0.2) is 180 Å². The van der Waals surface area contributed by atoms with E-state index in [0.717, 1.165) is 100 Å². The lowest BCUT2D eigenvalue weighted by Gasteiger charge is -2.33. The lowest BCUT2D eigenvalue weighted by Crippen LogP contribution is -2.57. The monoisotopic (exact) mass is 794 g/mol. The number of para-hydroxylation sites is 4. The number of nitrogens with zero attached hydrogens (tertiary/aromatic N) is 2. The number of rotatable bonds is 3. The van der Waals surface area contributed by atoms with Crippen molar-refractivity contribution in [3.63, 3.8) is 0 Å². The van der Waals surface area contributed by atoms with Gasteiger partial charge in [0, 0.05) is 38.4 Å². The Morgan fingerprint density at radius 1 is 0.419 bits per heavy atom. The van der Waals surface area contributed by atoms with E-state index in [-0.39, 0.29) is 6.71 Å². The molecule has 0 saturated carbocycles. The van der Waals surface area contributed by atoms with Crippen LogP contribution in [-0.2, 0) is 0 Å². The summed E-state index contributed by atoms with van der Waals surface area (Å²) in [6.45, 7) is 4.27. The molecule has 0 spiro atoms. The molecule has 2 aliphatic heterocycles. The predicted molar refractivity (Wildman–Crippen MR) is 255 cm³/mol. The molecule has 5 nitrogen and oxygen atoms in total. The number of ether oxygens (including phenoxy) is 2. The minimum absolute atomic E-state index is 0.0309. The Bertz CT molecular complexity index is 3820. The van der Waals surface area contributed by atoms with Gasteiger partial charge >= 0.3 is 0 Å². The van der Waals surface area contributed by atoms with E-state index < -0.39 is 0 Å². The summed E-state index contributed by atoms with van der Waals surface area (Å²) in [6.07, 6.45) is 0. The first-order valence-electron chi connectivity index (χ1n) is 21.3.